The van der Waals surface area contributed by atoms with Gasteiger partial charge in [0.05, 0.1) is 34.6 Å². The second-order valence-electron chi connectivity index (χ2n) is 12.5. The molecule has 4 nitrogen and oxygen atoms in total. The molecule has 3 heterocycles. The molecule has 0 aliphatic carbocycles. The monoisotopic (exact) mass is 614 g/mol. The van der Waals surface area contributed by atoms with E-state index in [9.17, 15) is 0 Å². The van der Waals surface area contributed by atoms with E-state index in [1.165, 1.54) is 55.3 Å². The van der Waals surface area contributed by atoms with Crippen LogP contribution in [0.15, 0.2) is 175 Å². The first-order chi connectivity index (χ1) is 23.8. The number of fused-ring (bicyclic) bond motifs is 7. The van der Waals surface area contributed by atoms with E-state index >= 15 is 0 Å². The van der Waals surface area contributed by atoms with E-state index in [-0.39, 0.29) is 0 Å². The second-order valence-corrected chi connectivity index (χ2v) is 12.5. The first kappa shape index (κ1) is 26.8. The van der Waals surface area contributed by atoms with Crippen LogP contribution in [0.5, 0.6) is 0 Å². The largest absolute Gasteiger partial charge is 0.309 e. The summed E-state index contributed by atoms with van der Waals surface area (Å²) in [4.78, 5) is 9.78. The number of guanidine groups is 1. The molecule has 4 heteroatoms. The van der Waals surface area contributed by atoms with Crippen LogP contribution in [0.1, 0.15) is 5.56 Å². The lowest BCUT2D eigenvalue weighted by Gasteiger charge is -2.28. The predicted octanol–water partition coefficient (Wildman–Crippen LogP) is 11.3. The van der Waals surface area contributed by atoms with E-state index in [1.807, 2.05) is 0 Å². The van der Waals surface area contributed by atoms with Gasteiger partial charge in [-0.1, -0.05) is 103 Å². The van der Waals surface area contributed by atoms with Crippen molar-refractivity contribution in [2.45, 2.75) is 6.54 Å². The molecule has 0 amide bonds. The number of para-hydroxylation sites is 3. The SMILES string of the molecule is c1ccc(-c2ccc3c(c2)c2cc(-c4ccccc4)ccc2n3-c2ccc(N3C4=Nc5ccccc5CN4c4ccccc43)cc2)cc1. The van der Waals surface area contributed by atoms with Crippen LogP contribution in [0.25, 0.3) is 49.7 Å². The van der Waals surface area contributed by atoms with Crippen LogP contribution in [-0.2, 0) is 6.54 Å². The Morgan fingerprint density at radius 2 is 0.979 bits per heavy atom. The minimum atomic E-state index is 0.803. The van der Waals surface area contributed by atoms with E-state index in [2.05, 4.69) is 184 Å². The van der Waals surface area contributed by atoms with Crippen LogP contribution in [-0.4, -0.2) is 10.5 Å². The van der Waals surface area contributed by atoms with Gasteiger partial charge in [-0.05, 0) is 94.5 Å². The van der Waals surface area contributed by atoms with Gasteiger partial charge in [0.1, 0.15) is 0 Å². The number of hydrogen-bond donors (Lipinski definition) is 0. The molecule has 0 radical (unpaired) electrons. The fourth-order valence-corrected chi connectivity index (χ4v) is 7.44. The Bertz CT molecular complexity index is 2430. The van der Waals surface area contributed by atoms with Crippen molar-refractivity contribution >= 4 is 50.5 Å². The Hall–Kier alpha value is -6.39. The predicted molar refractivity (Wildman–Crippen MR) is 200 cm³/mol. The van der Waals surface area contributed by atoms with Gasteiger partial charge < -0.3 is 9.47 Å². The molecule has 0 saturated carbocycles. The van der Waals surface area contributed by atoms with Crippen LogP contribution in [0.2, 0.25) is 0 Å². The summed E-state index contributed by atoms with van der Waals surface area (Å²) in [5, 5.41) is 2.49. The maximum absolute atomic E-state index is 5.16. The Balaban J connectivity index is 1.12. The number of anilines is 3. The fourth-order valence-electron chi connectivity index (χ4n) is 7.44. The van der Waals surface area contributed by atoms with Crippen molar-refractivity contribution in [1.29, 1.82) is 0 Å². The highest BCUT2D eigenvalue weighted by molar-refractivity contribution is 6.21. The number of benzene rings is 7. The van der Waals surface area contributed by atoms with Crippen molar-refractivity contribution in [2.24, 2.45) is 4.99 Å². The minimum Gasteiger partial charge on any atom is -0.309 e. The normalized spacial score (nSPS) is 13.4. The van der Waals surface area contributed by atoms with Crippen molar-refractivity contribution in [3.05, 3.63) is 175 Å². The van der Waals surface area contributed by atoms with Gasteiger partial charge in [-0.25, -0.2) is 4.99 Å². The average molecular weight is 615 g/mol. The van der Waals surface area contributed by atoms with Crippen molar-refractivity contribution in [3.8, 4) is 27.9 Å². The summed E-state index contributed by atoms with van der Waals surface area (Å²) in [6, 6.07) is 61.0. The lowest BCUT2D eigenvalue weighted by Crippen LogP contribution is -2.37. The van der Waals surface area contributed by atoms with Gasteiger partial charge in [0, 0.05) is 22.1 Å². The first-order valence-electron chi connectivity index (χ1n) is 16.4. The summed E-state index contributed by atoms with van der Waals surface area (Å²) in [7, 11) is 0. The lowest BCUT2D eigenvalue weighted by molar-refractivity contribution is 0.985. The zero-order valence-corrected chi connectivity index (χ0v) is 26.2. The summed E-state index contributed by atoms with van der Waals surface area (Å²) < 4.78 is 2.40. The molecule has 0 N–H and O–H groups in total. The van der Waals surface area contributed by atoms with Crippen molar-refractivity contribution in [3.63, 3.8) is 0 Å². The van der Waals surface area contributed by atoms with Gasteiger partial charge >= 0.3 is 0 Å². The zero-order valence-electron chi connectivity index (χ0n) is 26.2. The Morgan fingerprint density at radius 1 is 0.438 bits per heavy atom. The maximum atomic E-state index is 5.16. The summed E-state index contributed by atoms with van der Waals surface area (Å²) in [6.45, 7) is 0.803. The number of rotatable bonds is 4. The molecule has 1 aromatic heterocycles. The van der Waals surface area contributed by atoms with Crippen LogP contribution in [0, 0.1) is 0 Å². The fraction of sp³-hybridized carbons (Fsp3) is 0.0227. The molecule has 226 valence electrons. The molecular weight excluding hydrogens is 585 g/mol. The molecule has 8 aromatic rings. The third-order valence-electron chi connectivity index (χ3n) is 9.74. The number of aliphatic imine (C=N–C) groups is 1. The van der Waals surface area contributed by atoms with Gasteiger partial charge in [-0.2, -0.15) is 0 Å². The topological polar surface area (TPSA) is 23.8 Å². The van der Waals surface area contributed by atoms with Gasteiger partial charge in [-0.15, -0.1) is 0 Å². The number of aromatic nitrogens is 1. The van der Waals surface area contributed by atoms with Gasteiger partial charge in [0.15, 0.2) is 0 Å². The molecule has 10 rings (SSSR count). The highest BCUT2D eigenvalue weighted by atomic mass is 15.4. The zero-order chi connectivity index (χ0) is 31.6. The van der Waals surface area contributed by atoms with Crippen LogP contribution < -0.4 is 9.80 Å². The summed E-state index contributed by atoms with van der Waals surface area (Å²) in [6.07, 6.45) is 0. The molecule has 0 saturated heterocycles. The standard InChI is InChI=1S/C44H30N4/c1-3-11-30(12-4-1)32-19-25-40-37(27-32)38-28-33(31-13-5-2-6-14-31)20-26-41(38)47(40)35-21-23-36(24-22-35)48-43-18-10-9-17-42(43)46-29-34-15-7-8-16-39(34)45-44(46)48/h1-28H,29H2. The maximum Gasteiger partial charge on any atom is 0.216 e. The van der Waals surface area contributed by atoms with Crippen molar-refractivity contribution in [1.82, 2.24) is 4.57 Å². The van der Waals surface area contributed by atoms with E-state index < -0.39 is 0 Å². The van der Waals surface area contributed by atoms with E-state index in [0.29, 0.717) is 0 Å². The molecule has 2 aliphatic rings. The molecule has 7 aromatic carbocycles. The summed E-state index contributed by atoms with van der Waals surface area (Å²) in [5.74, 6) is 0.946. The molecule has 2 aliphatic heterocycles. The molecule has 0 unspecified atom stereocenters. The highest BCUT2D eigenvalue weighted by Crippen LogP contribution is 2.46. The Labute approximate surface area is 279 Å². The van der Waals surface area contributed by atoms with Gasteiger partial charge in [0.2, 0.25) is 5.96 Å². The molecule has 0 bridgehead atoms. The minimum absolute atomic E-state index is 0.803. The summed E-state index contributed by atoms with van der Waals surface area (Å²) >= 11 is 0. The lowest BCUT2D eigenvalue weighted by atomic mass is 10.0. The Kier molecular flexibility index (Phi) is 5.90. The Morgan fingerprint density at radius 3 is 1.62 bits per heavy atom. The number of nitrogens with zero attached hydrogens (tertiary/aromatic N) is 4. The quantitative estimate of drug-likeness (QED) is 0.197. The second kappa shape index (κ2) is 10.6. The summed E-state index contributed by atoms with van der Waals surface area (Å²) in [5.41, 5.74) is 14.1. The number of hydrogen-bond acceptors (Lipinski definition) is 3. The van der Waals surface area contributed by atoms with Crippen LogP contribution in [0.4, 0.5) is 22.7 Å². The molecule has 48 heavy (non-hydrogen) atoms. The third kappa shape index (κ3) is 4.13. The van der Waals surface area contributed by atoms with Crippen molar-refractivity contribution < 1.29 is 0 Å². The first-order valence-corrected chi connectivity index (χ1v) is 16.4. The smallest absolute Gasteiger partial charge is 0.216 e. The van der Waals surface area contributed by atoms with Crippen LogP contribution >= 0.6 is 0 Å². The third-order valence-corrected chi connectivity index (χ3v) is 9.74. The van der Waals surface area contributed by atoms with Gasteiger partial charge in [0.25, 0.3) is 0 Å². The molecule has 0 atom stereocenters. The van der Waals surface area contributed by atoms with Crippen molar-refractivity contribution in [2.75, 3.05) is 9.80 Å². The van der Waals surface area contributed by atoms with E-state index in [1.54, 1.807) is 0 Å². The molecular formula is C44H30N4. The highest BCUT2D eigenvalue weighted by Gasteiger charge is 2.36. The van der Waals surface area contributed by atoms with E-state index in [0.717, 1.165) is 35.3 Å². The van der Waals surface area contributed by atoms with E-state index in [4.69, 9.17) is 4.99 Å². The van der Waals surface area contributed by atoms with Gasteiger partial charge in [-0.3, -0.25) is 4.90 Å². The average Bonchev–Trinajstić information content (AvgIpc) is 3.66. The molecule has 0 fully saturated rings. The molecule has 0 spiro atoms. The van der Waals surface area contributed by atoms with Crippen LogP contribution in [0.3, 0.4) is 0 Å².